The summed E-state index contributed by atoms with van der Waals surface area (Å²) < 4.78 is 31.6. The van der Waals surface area contributed by atoms with Gasteiger partial charge in [-0.3, -0.25) is 0 Å². The molecular formula is C11H17F2IO2. The van der Waals surface area contributed by atoms with Crippen molar-refractivity contribution in [2.24, 2.45) is 5.92 Å². The predicted octanol–water partition coefficient (Wildman–Crippen LogP) is 3.57. The first-order chi connectivity index (χ1) is 7.50. The van der Waals surface area contributed by atoms with E-state index in [1.54, 1.807) is 0 Å². The van der Waals surface area contributed by atoms with Crippen molar-refractivity contribution in [1.29, 1.82) is 0 Å². The number of carbonyl (C=O) groups excluding carboxylic acids is 1. The number of ether oxygens (including phenoxy) is 1. The molecule has 2 unspecified atom stereocenters. The summed E-state index contributed by atoms with van der Waals surface area (Å²) >= 11 is 2.05. The molecule has 0 aromatic carbocycles. The van der Waals surface area contributed by atoms with Crippen molar-refractivity contribution in [1.82, 2.24) is 0 Å². The number of methoxy groups -OCH3 is 1. The van der Waals surface area contributed by atoms with E-state index in [2.05, 4.69) is 4.74 Å². The molecule has 0 spiro atoms. The fraction of sp³-hybridized carbons (Fsp3) is 0.909. The third kappa shape index (κ3) is 3.28. The van der Waals surface area contributed by atoms with Crippen LogP contribution in [0.25, 0.3) is 0 Å². The molecule has 0 N–H and O–H groups in total. The summed E-state index contributed by atoms with van der Waals surface area (Å²) in [4.78, 5) is 11.1. The zero-order valence-electron chi connectivity index (χ0n) is 9.35. The minimum atomic E-state index is -3.34. The van der Waals surface area contributed by atoms with Crippen LogP contribution in [0.4, 0.5) is 8.78 Å². The number of alkyl halides is 3. The van der Waals surface area contributed by atoms with Gasteiger partial charge in [0.15, 0.2) is 0 Å². The Kier molecular flexibility index (Phi) is 5.40. The second-order valence-electron chi connectivity index (χ2n) is 4.23. The molecule has 1 rings (SSSR count). The van der Waals surface area contributed by atoms with Crippen molar-refractivity contribution in [3.05, 3.63) is 0 Å². The van der Waals surface area contributed by atoms with Gasteiger partial charge in [-0.15, -0.1) is 0 Å². The molecule has 0 saturated heterocycles. The lowest BCUT2D eigenvalue weighted by Crippen LogP contribution is -2.42. The van der Waals surface area contributed by atoms with Gasteiger partial charge < -0.3 is 4.74 Å². The highest BCUT2D eigenvalue weighted by molar-refractivity contribution is 14.1. The summed E-state index contributed by atoms with van der Waals surface area (Å²) in [6, 6.07) is 0. The van der Waals surface area contributed by atoms with Crippen LogP contribution in [-0.4, -0.2) is 22.9 Å². The van der Waals surface area contributed by atoms with Gasteiger partial charge in [0, 0.05) is 9.84 Å². The van der Waals surface area contributed by atoms with Gasteiger partial charge >= 0.3 is 11.9 Å². The predicted molar refractivity (Wildman–Crippen MR) is 66.0 cm³/mol. The minimum absolute atomic E-state index is 0.146. The Morgan fingerprint density at radius 1 is 1.25 bits per heavy atom. The van der Waals surface area contributed by atoms with Gasteiger partial charge in [-0.25, -0.2) is 4.79 Å². The first kappa shape index (κ1) is 14.1. The Balaban J connectivity index is 2.76. The zero-order chi connectivity index (χ0) is 12.2. The van der Waals surface area contributed by atoms with Gasteiger partial charge in [0.25, 0.3) is 0 Å². The molecule has 16 heavy (non-hydrogen) atoms. The molecule has 1 fully saturated rings. The smallest absolute Gasteiger partial charge is 0.377 e. The number of hydrogen-bond donors (Lipinski definition) is 0. The molecule has 0 aliphatic heterocycles. The topological polar surface area (TPSA) is 26.3 Å². The quantitative estimate of drug-likeness (QED) is 0.434. The summed E-state index contributed by atoms with van der Waals surface area (Å²) in [5.41, 5.74) is 0. The standard InChI is InChI=1S/C11H17F2IO2/c1-16-10(15)11(12,13)8-6-4-2-3-5-7-9(8)14/h8-9H,2-7H2,1H3. The molecule has 1 aliphatic rings. The molecule has 0 bridgehead atoms. The van der Waals surface area contributed by atoms with Crippen LogP contribution in [0.15, 0.2) is 0 Å². The first-order valence-electron chi connectivity index (χ1n) is 5.60. The van der Waals surface area contributed by atoms with E-state index in [1.807, 2.05) is 22.6 Å². The number of carbonyl (C=O) groups is 1. The molecule has 1 aliphatic carbocycles. The lowest BCUT2D eigenvalue weighted by atomic mass is 9.86. The van der Waals surface area contributed by atoms with Gasteiger partial charge in [0.05, 0.1) is 7.11 Å². The van der Waals surface area contributed by atoms with Crippen LogP contribution in [0.5, 0.6) is 0 Å². The summed E-state index contributed by atoms with van der Waals surface area (Å²) in [7, 11) is 1.02. The molecule has 0 aromatic heterocycles. The molecule has 2 nitrogen and oxygen atoms in total. The molecule has 94 valence electrons. The fourth-order valence-electron chi connectivity index (χ4n) is 2.14. The largest absolute Gasteiger partial charge is 0.465 e. The van der Waals surface area contributed by atoms with Crippen LogP contribution < -0.4 is 0 Å². The Hall–Kier alpha value is 0.0600. The fourth-order valence-corrected chi connectivity index (χ4v) is 3.39. The van der Waals surface area contributed by atoms with Crippen molar-refractivity contribution in [3.63, 3.8) is 0 Å². The zero-order valence-corrected chi connectivity index (χ0v) is 11.5. The van der Waals surface area contributed by atoms with E-state index < -0.39 is 17.8 Å². The Bertz CT molecular complexity index is 246. The van der Waals surface area contributed by atoms with Crippen molar-refractivity contribution >= 4 is 28.6 Å². The van der Waals surface area contributed by atoms with E-state index in [-0.39, 0.29) is 3.92 Å². The molecule has 0 radical (unpaired) electrons. The summed E-state index contributed by atoms with van der Waals surface area (Å²) in [5, 5.41) is 0. The molecule has 0 heterocycles. The molecule has 5 heteroatoms. The second-order valence-corrected chi connectivity index (χ2v) is 5.83. The van der Waals surface area contributed by atoms with Crippen LogP contribution in [0.2, 0.25) is 0 Å². The van der Waals surface area contributed by atoms with Crippen LogP contribution in [0.1, 0.15) is 38.5 Å². The van der Waals surface area contributed by atoms with Gasteiger partial charge in [-0.1, -0.05) is 48.3 Å². The average Bonchev–Trinajstić information content (AvgIpc) is 2.22. The van der Waals surface area contributed by atoms with Gasteiger partial charge in [-0.2, -0.15) is 8.78 Å². The van der Waals surface area contributed by atoms with Gasteiger partial charge in [-0.05, 0) is 12.8 Å². The maximum atomic E-state index is 13.8. The SMILES string of the molecule is COC(=O)C(F)(F)C1CCCCCCC1I. The van der Waals surface area contributed by atoms with Crippen molar-refractivity contribution < 1.29 is 18.3 Å². The van der Waals surface area contributed by atoms with Crippen LogP contribution in [0.3, 0.4) is 0 Å². The van der Waals surface area contributed by atoms with Crippen LogP contribution in [0, 0.1) is 5.92 Å². The Labute approximate surface area is 108 Å². The van der Waals surface area contributed by atoms with Crippen LogP contribution in [-0.2, 0) is 9.53 Å². The van der Waals surface area contributed by atoms with E-state index in [0.29, 0.717) is 6.42 Å². The lowest BCUT2D eigenvalue weighted by molar-refractivity contribution is -0.177. The molecule has 0 amide bonds. The van der Waals surface area contributed by atoms with Gasteiger partial charge in [0.2, 0.25) is 0 Å². The van der Waals surface area contributed by atoms with E-state index in [1.165, 1.54) is 0 Å². The first-order valence-corrected chi connectivity index (χ1v) is 6.85. The second kappa shape index (κ2) is 6.12. The Morgan fingerprint density at radius 3 is 2.38 bits per heavy atom. The van der Waals surface area contributed by atoms with E-state index in [0.717, 1.165) is 39.2 Å². The van der Waals surface area contributed by atoms with Crippen molar-refractivity contribution in [2.45, 2.75) is 48.4 Å². The average molecular weight is 346 g/mol. The summed E-state index contributed by atoms with van der Waals surface area (Å²) in [6.07, 6.45) is 5.01. The van der Waals surface area contributed by atoms with E-state index >= 15 is 0 Å². The van der Waals surface area contributed by atoms with Gasteiger partial charge in [0.1, 0.15) is 0 Å². The molecule has 1 saturated carbocycles. The van der Waals surface area contributed by atoms with E-state index in [9.17, 15) is 13.6 Å². The summed E-state index contributed by atoms with van der Waals surface area (Å²) in [5.74, 6) is -5.60. The minimum Gasteiger partial charge on any atom is -0.465 e. The number of hydrogen-bond acceptors (Lipinski definition) is 2. The normalized spacial score (nSPS) is 28.0. The third-order valence-corrected chi connectivity index (χ3v) is 4.60. The third-order valence-electron chi connectivity index (χ3n) is 3.10. The number of halogens is 3. The van der Waals surface area contributed by atoms with Crippen molar-refractivity contribution in [2.75, 3.05) is 7.11 Å². The molecular weight excluding hydrogens is 329 g/mol. The lowest BCUT2D eigenvalue weighted by Gasteiger charge is -2.30. The maximum absolute atomic E-state index is 13.8. The molecule has 2 atom stereocenters. The number of esters is 1. The highest BCUT2D eigenvalue weighted by Gasteiger charge is 2.50. The number of rotatable bonds is 2. The highest BCUT2D eigenvalue weighted by atomic mass is 127. The Morgan fingerprint density at radius 2 is 1.81 bits per heavy atom. The molecule has 0 aromatic rings. The maximum Gasteiger partial charge on any atom is 0.377 e. The summed E-state index contributed by atoms with van der Waals surface area (Å²) in [6.45, 7) is 0. The van der Waals surface area contributed by atoms with E-state index in [4.69, 9.17) is 0 Å². The highest BCUT2D eigenvalue weighted by Crippen LogP contribution is 2.39. The van der Waals surface area contributed by atoms with Crippen molar-refractivity contribution in [3.8, 4) is 0 Å². The van der Waals surface area contributed by atoms with Crippen LogP contribution >= 0.6 is 22.6 Å². The monoisotopic (exact) mass is 346 g/mol.